The van der Waals surface area contributed by atoms with E-state index in [1.807, 2.05) is 25.4 Å². The number of thiophene rings is 1. The minimum atomic E-state index is 0.0514. The van der Waals surface area contributed by atoms with Gasteiger partial charge in [-0.1, -0.05) is 6.07 Å². The number of urea groups is 1. The average Bonchev–Trinajstić information content (AvgIpc) is 3.23. The van der Waals surface area contributed by atoms with Crippen molar-refractivity contribution in [2.45, 2.75) is 63.1 Å². The number of nitrogens with zero attached hydrogens (tertiary/aromatic N) is 3. The molecule has 2 saturated carbocycles. The van der Waals surface area contributed by atoms with Crippen LogP contribution in [0.15, 0.2) is 29.6 Å². The van der Waals surface area contributed by atoms with Gasteiger partial charge in [-0.25, -0.2) is 4.79 Å². The fourth-order valence-electron chi connectivity index (χ4n) is 5.87. The first-order valence-electron chi connectivity index (χ1n) is 12.0. The molecular weight excluding hydrogens is 404 g/mol. The second kappa shape index (κ2) is 8.99. The molecule has 1 aromatic heterocycles. The molecule has 31 heavy (non-hydrogen) atoms. The minimum absolute atomic E-state index is 0.0514. The number of carbonyl (C=O) groups excluding carboxylic acids is 1. The van der Waals surface area contributed by atoms with E-state index in [0.717, 1.165) is 31.3 Å². The number of amides is 2. The maximum atomic E-state index is 11.9. The van der Waals surface area contributed by atoms with Gasteiger partial charge in [0.2, 0.25) is 0 Å². The number of benzene rings is 1. The summed E-state index contributed by atoms with van der Waals surface area (Å²) < 4.78 is 1.41. The molecule has 5 nitrogen and oxygen atoms in total. The Kier molecular flexibility index (Phi) is 6.11. The Balaban J connectivity index is 1.12. The first-order chi connectivity index (χ1) is 15.1. The second-order valence-electron chi connectivity index (χ2n) is 9.90. The Morgan fingerprint density at radius 2 is 1.87 bits per heavy atom. The molecule has 2 aromatic rings. The molecule has 2 heterocycles. The molecule has 6 heteroatoms. The minimum Gasteiger partial charge on any atom is -0.365 e. The van der Waals surface area contributed by atoms with Crippen LogP contribution in [0.1, 0.15) is 44.9 Å². The molecule has 168 valence electrons. The summed E-state index contributed by atoms with van der Waals surface area (Å²) in [4.78, 5) is 19.0. The lowest BCUT2D eigenvalue weighted by Gasteiger charge is -2.55. The van der Waals surface area contributed by atoms with Gasteiger partial charge < -0.3 is 15.1 Å². The number of fused-ring (bicyclic) bond motifs is 2. The SMILES string of the molecule is CN(C)C(=O)N[C@H]1CC[C@H](CCN2CCN(c3cccc4sccc34)C3CCC32)CC1. The molecular formula is C25H36N4OS. The lowest BCUT2D eigenvalue weighted by atomic mass is 9.80. The van der Waals surface area contributed by atoms with Crippen molar-refractivity contribution < 1.29 is 4.79 Å². The summed E-state index contributed by atoms with van der Waals surface area (Å²) >= 11 is 1.85. The van der Waals surface area contributed by atoms with Crippen molar-refractivity contribution in [1.82, 2.24) is 15.1 Å². The topological polar surface area (TPSA) is 38.8 Å². The second-order valence-corrected chi connectivity index (χ2v) is 10.8. The van der Waals surface area contributed by atoms with Crippen LogP contribution in [0.2, 0.25) is 0 Å². The third kappa shape index (κ3) is 4.29. The van der Waals surface area contributed by atoms with Crippen LogP contribution in [0.5, 0.6) is 0 Å². The van der Waals surface area contributed by atoms with Crippen molar-refractivity contribution in [3.8, 4) is 0 Å². The van der Waals surface area contributed by atoms with Crippen LogP contribution in [0.25, 0.3) is 10.1 Å². The van der Waals surface area contributed by atoms with Gasteiger partial charge in [0.25, 0.3) is 0 Å². The Bertz CT molecular complexity index is 904. The largest absolute Gasteiger partial charge is 0.365 e. The monoisotopic (exact) mass is 440 g/mol. The fourth-order valence-corrected chi connectivity index (χ4v) is 6.68. The lowest BCUT2D eigenvalue weighted by Crippen LogP contribution is -2.65. The van der Waals surface area contributed by atoms with E-state index in [2.05, 4.69) is 44.8 Å². The molecule has 2 aliphatic carbocycles. The van der Waals surface area contributed by atoms with E-state index in [4.69, 9.17) is 0 Å². The third-order valence-electron chi connectivity index (χ3n) is 7.89. The molecule has 0 bridgehead atoms. The highest BCUT2D eigenvalue weighted by Crippen LogP contribution is 2.40. The Morgan fingerprint density at radius 3 is 2.61 bits per heavy atom. The zero-order valence-corrected chi connectivity index (χ0v) is 19.7. The lowest BCUT2D eigenvalue weighted by molar-refractivity contribution is 0.0650. The maximum absolute atomic E-state index is 11.9. The zero-order chi connectivity index (χ0) is 21.4. The van der Waals surface area contributed by atoms with Crippen molar-refractivity contribution in [3.63, 3.8) is 0 Å². The summed E-state index contributed by atoms with van der Waals surface area (Å²) in [5.74, 6) is 0.823. The van der Waals surface area contributed by atoms with Gasteiger partial charge in [0.1, 0.15) is 0 Å². The molecule has 1 aromatic carbocycles. The highest BCUT2D eigenvalue weighted by atomic mass is 32.1. The van der Waals surface area contributed by atoms with Gasteiger partial charge in [-0.05, 0) is 81.0 Å². The van der Waals surface area contributed by atoms with Gasteiger partial charge in [0.15, 0.2) is 0 Å². The van der Waals surface area contributed by atoms with E-state index in [9.17, 15) is 4.79 Å². The van der Waals surface area contributed by atoms with Crippen molar-refractivity contribution in [2.75, 3.05) is 38.6 Å². The number of carbonyl (C=O) groups is 1. The van der Waals surface area contributed by atoms with Gasteiger partial charge in [-0.3, -0.25) is 4.90 Å². The highest BCUT2D eigenvalue weighted by Gasteiger charge is 2.43. The number of hydrogen-bond donors (Lipinski definition) is 1. The van der Waals surface area contributed by atoms with E-state index in [1.54, 1.807) is 4.90 Å². The molecule has 2 unspecified atom stereocenters. The van der Waals surface area contributed by atoms with E-state index >= 15 is 0 Å². The summed E-state index contributed by atoms with van der Waals surface area (Å²) in [6, 6.07) is 10.9. The van der Waals surface area contributed by atoms with Crippen LogP contribution in [-0.4, -0.2) is 67.7 Å². The summed E-state index contributed by atoms with van der Waals surface area (Å²) in [6.07, 6.45) is 8.78. The molecule has 2 amide bonds. The van der Waals surface area contributed by atoms with Crippen molar-refractivity contribution >= 4 is 33.1 Å². The molecule has 2 atom stereocenters. The number of rotatable bonds is 5. The van der Waals surface area contributed by atoms with Crippen LogP contribution in [-0.2, 0) is 0 Å². The first kappa shape index (κ1) is 21.1. The molecule has 0 radical (unpaired) electrons. The summed E-state index contributed by atoms with van der Waals surface area (Å²) in [7, 11) is 3.63. The quantitative estimate of drug-likeness (QED) is 0.728. The van der Waals surface area contributed by atoms with E-state index < -0.39 is 0 Å². The van der Waals surface area contributed by atoms with Crippen LogP contribution < -0.4 is 10.2 Å². The van der Waals surface area contributed by atoms with Crippen LogP contribution in [0, 0.1) is 5.92 Å². The van der Waals surface area contributed by atoms with Gasteiger partial charge in [-0.2, -0.15) is 0 Å². The highest BCUT2D eigenvalue weighted by molar-refractivity contribution is 7.17. The molecule has 1 saturated heterocycles. The number of hydrogen-bond acceptors (Lipinski definition) is 4. The zero-order valence-electron chi connectivity index (χ0n) is 18.9. The van der Waals surface area contributed by atoms with E-state index in [-0.39, 0.29) is 6.03 Å². The predicted molar refractivity (Wildman–Crippen MR) is 130 cm³/mol. The molecule has 3 aliphatic rings. The molecule has 1 aliphatic heterocycles. The maximum Gasteiger partial charge on any atom is 0.317 e. The van der Waals surface area contributed by atoms with Crippen molar-refractivity contribution in [3.05, 3.63) is 29.6 Å². The van der Waals surface area contributed by atoms with Crippen LogP contribution in [0.4, 0.5) is 10.5 Å². The van der Waals surface area contributed by atoms with Crippen molar-refractivity contribution in [2.24, 2.45) is 5.92 Å². The number of nitrogens with one attached hydrogen (secondary N) is 1. The van der Waals surface area contributed by atoms with Gasteiger partial charge in [0, 0.05) is 61.1 Å². The smallest absolute Gasteiger partial charge is 0.317 e. The molecule has 3 fully saturated rings. The predicted octanol–water partition coefficient (Wildman–Crippen LogP) is 4.77. The van der Waals surface area contributed by atoms with E-state index in [0.29, 0.717) is 12.1 Å². The first-order valence-corrected chi connectivity index (χ1v) is 12.9. The third-order valence-corrected chi connectivity index (χ3v) is 8.77. The van der Waals surface area contributed by atoms with Gasteiger partial charge in [0.05, 0.1) is 0 Å². The van der Waals surface area contributed by atoms with E-state index in [1.165, 1.54) is 61.0 Å². The Hall–Kier alpha value is -1.79. The van der Waals surface area contributed by atoms with Crippen LogP contribution >= 0.6 is 11.3 Å². The Labute approximate surface area is 190 Å². The number of anilines is 1. The normalized spacial score (nSPS) is 28.8. The molecule has 5 rings (SSSR count). The Morgan fingerprint density at radius 1 is 1.06 bits per heavy atom. The fraction of sp³-hybridized carbons (Fsp3) is 0.640. The molecule has 1 N–H and O–H groups in total. The van der Waals surface area contributed by atoms with Gasteiger partial charge in [-0.15, -0.1) is 11.3 Å². The summed E-state index contributed by atoms with van der Waals surface area (Å²) in [6.45, 7) is 3.59. The standard InChI is InChI=1S/C25H36N4OS/c1-27(2)25(30)26-19-8-6-18(7-9-19)12-14-28-15-16-29(23-11-10-22(23)28)21-4-3-5-24-20(21)13-17-31-24/h3-5,13,17-19,22-23H,6-12,14-16H2,1-2H3,(H,26,30)/t18-,19-,22?,23?. The van der Waals surface area contributed by atoms with Gasteiger partial charge >= 0.3 is 6.03 Å². The van der Waals surface area contributed by atoms with Crippen molar-refractivity contribution in [1.29, 1.82) is 0 Å². The van der Waals surface area contributed by atoms with Crippen LogP contribution in [0.3, 0.4) is 0 Å². The average molecular weight is 441 g/mol. The number of piperazine rings is 1. The summed E-state index contributed by atoms with van der Waals surface area (Å²) in [5, 5.41) is 6.83. The molecule has 0 spiro atoms. The summed E-state index contributed by atoms with van der Waals surface area (Å²) in [5.41, 5.74) is 1.45.